The molecule has 0 radical (unpaired) electrons. The summed E-state index contributed by atoms with van der Waals surface area (Å²) in [6.45, 7) is 4.99. The van der Waals surface area contributed by atoms with E-state index in [1.165, 1.54) is 0 Å². The molecular formula is C14H25N5O2. The van der Waals surface area contributed by atoms with Crippen LogP contribution in [0, 0.1) is 0 Å². The Bertz CT molecular complexity index is 442. The van der Waals surface area contributed by atoms with Crippen molar-refractivity contribution in [1.82, 2.24) is 25.2 Å². The summed E-state index contributed by atoms with van der Waals surface area (Å²) in [5.74, 6) is -0.141. The molecule has 0 spiro atoms. The Morgan fingerprint density at radius 1 is 1.48 bits per heavy atom. The number of unbranched alkanes of at least 4 members (excludes halogenated alkanes) is 1. The van der Waals surface area contributed by atoms with Gasteiger partial charge in [-0.2, -0.15) is 0 Å². The van der Waals surface area contributed by atoms with E-state index in [1.807, 2.05) is 4.68 Å². The van der Waals surface area contributed by atoms with E-state index < -0.39 is 0 Å². The Morgan fingerprint density at radius 3 is 2.90 bits per heavy atom. The van der Waals surface area contributed by atoms with Crippen LogP contribution in [0.15, 0.2) is 6.20 Å². The van der Waals surface area contributed by atoms with Crippen molar-refractivity contribution in [3.63, 3.8) is 0 Å². The quantitative estimate of drug-likeness (QED) is 0.762. The van der Waals surface area contributed by atoms with Crippen LogP contribution in [0.25, 0.3) is 0 Å². The summed E-state index contributed by atoms with van der Waals surface area (Å²) >= 11 is 0. The maximum atomic E-state index is 12.4. The predicted octanol–water partition coefficient (Wildman–Crippen LogP) is 0.437. The molecule has 1 aliphatic heterocycles. The van der Waals surface area contributed by atoms with Crippen molar-refractivity contribution in [3.05, 3.63) is 11.9 Å². The molecule has 2 N–H and O–H groups in total. The van der Waals surface area contributed by atoms with Gasteiger partial charge in [0, 0.05) is 13.1 Å². The fourth-order valence-corrected chi connectivity index (χ4v) is 2.57. The smallest absolute Gasteiger partial charge is 0.276 e. The number of aliphatic hydroxyl groups excluding tert-OH is 1. The number of piperidine rings is 1. The van der Waals surface area contributed by atoms with Crippen LogP contribution in [0.1, 0.15) is 49.1 Å². The molecule has 118 valence electrons. The first-order valence-corrected chi connectivity index (χ1v) is 7.79. The van der Waals surface area contributed by atoms with E-state index in [2.05, 4.69) is 22.6 Å². The molecule has 21 heavy (non-hydrogen) atoms. The summed E-state index contributed by atoms with van der Waals surface area (Å²) in [7, 11) is 0. The van der Waals surface area contributed by atoms with Crippen molar-refractivity contribution in [3.8, 4) is 0 Å². The normalized spacial score (nSPS) is 16.1. The molecule has 0 aliphatic carbocycles. The lowest BCUT2D eigenvalue weighted by Crippen LogP contribution is -2.34. The zero-order valence-electron chi connectivity index (χ0n) is 12.7. The van der Waals surface area contributed by atoms with Crippen molar-refractivity contribution < 1.29 is 9.90 Å². The molecule has 1 saturated heterocycles. The summed E-state index contributed by atoms with van der Waals surface area (Å²) < 4.78 is 1.81. The van der Waals surface area contributed by atoms with Gasteiger partial charge in [-0.1, -0.05) is 18.6 Å². The number of carbonyl (C=O) groups excluding carboxylic acids is 1. The van der Waals surface area contributed by atoms with E-state index in [0.717, 1.165) is 38.8 Å². The molecule has 1 aromatic heterocycles. The maximum absolute atomic E-state index is 12.4. The Morgan fingerprint density at radius 2 is 2.24 bits per heavy atom. The number of aliphatic hydroxyl groups is 1. The molecule has 7 nitrogen and oxygen atoms in total. The van der Waals surface area contributed by atoms with Gasteiger partial charge in [0.05, 0.1) is 18.8 Å². The molecule has 0 saturated carbocycles. The van der Waals surface area contributed by atoms with Gasteiger partial charge in [-0.15, -0.1) is 5.10 Å². The Kier molecular flexibility index (Phi) is 6.13. The highest BCUT2D eigenvalue weighted by Crippen LogP contribution is 2.17. The average Bonchev–Trinajstić information content (AvgIpc) is 3.01. The zero-order chi connectivity index (χ0) is 15.1. The standard InChI is InChI=1S/C14H25N5O2/c1-2-3-8-18(9-10-20)14(21)13-11-19(17-16-13)12-4-6-15-7-5-12/h11-12,15,20H,2-10H2,1H3. The van der Waals surface area contributed by atoms with Gasteiger partial charge in [-0.05, 0) is 32.4 Å². The van der Waals surface area contributed by atoms with Crippen molar-refractivity contribution >= 4 is 5.91 Å². The molecule has 2 heterocycles. The van der Waals surface area contributed by atoms with E-state index in [9.17, 15) is 4.79 Å². The lowest BCUT2D eigenvalue weighted by Gasteiger charge is -2.22. The number of rotatable bonds is 7. The van der Waals surface area contributed by atoms with Gasteiger partial charge < -0.3 is 15.3 Å². The zero-order valence-corrected chi connectivity index (χ0v) is 12.7. The van der Waals surface area contributed by atoms with Gasteiger partial charge in [0.15, 0.2) is 5.69 Å². The van der Waals surface area contributed by atoms with E-state index >= 15 is 0 Å². The van der Waals surface area contributed by atoms with Crippen LogP contribution in [0.2, 0.25) is 0 Å². The van der Waals surface area contributed by atoms with Gasteiger partial charge in [-0.25, -0.2) is 4.68 Å². The highest BCUT2D eigenvalue weighted by atomic mass is 16.3. The second kappa shape index (κ2) is 8.09. The third kappa shape index (κ3) is 4.25. The van der Waals surface area contributed by atoms with Crippen LogP contribution in [0.3, 0.4) is 0 Å². The van der Waals surface area contributed by atoms with Crippen LogP contribution >= 0.6 is 0 Å². The number of hydrogen-bond acceptors (Lipinski definition) is 5. The van der Waals surface area contributed by atoms with Crippen LogP contribution in [-0.2, 0) is 0 Å². The molecule has 2 rings (SSSR count). The third-order valence-corrected chi connectivity index (χ3v) is 3.85. The van der Waals surface area contributed by atoms with Crippen molar-refractivity contribution in [2.45, 2.75) is 38.6 Å². The average molecular weight is 295 g/mol. The van der Waals surface area contributed by atoms with E-state index in [-0.39, 0.29) is 12.5 Å². The highest BCUT2D eigenvalue weighted by Gasteiger charge is 2.21. The van der Waals surface area contributed by atoms with Crippen LogP contribution in [-0.4, -0.2) is 63.7 Å². The first-order chi connectivity index (χ1) is 10.3. The first-order valence-electron chi connectivity index (χ1n) is 7.79. The summed E-state index contributed by atoms with van der Waals surface area (Å²) in [5, 5.41) is 20.5. The first kappa shape index (κ1) is 15.9. The van der Waals surface area contributed by atoms with Crippen molar-refractivity contribution in [2.24, 2.45) is 0 Å². The summed E-state index contributed by atoms with van der Waals surface area (Å²) in [6, 6.07) is 0.322. The van der Waals surface area contributed by atoms with Gasteiger partial charge in [-0.3, -0.25) is 4.79 Å². The molecule has 0 aromatic carbocycles. The minimum absolute atomic E-state index is 0.0299. The molecule has 0 atom stereocenters. The number of amides is 1. The van der Waals surface area contributed by atoms with Gasteiger partial charge >= 0.3 is 0 Å². The molecule has 0 unspecified atom stereocenters. The Balaban J connectivity index is 2.01. The predicted molar refractivity (Wildman–Crippen MR) is 79.1 cm³/mol. The SMILES string of the molecule is CCCCN(CCO)C(=O)c1cn(C2CCNCC2)nn1. The molecule has 7 heteroatoms. The van der Waals surface area contributed by atoms with Gasteiger partial charge in [0.1, 0.15) is 0 Å². The van der Waals surface area contributed by atoms with Crippen LogP contribution in [0.5, 0.6) is 0 Å². The monoisotopic (exact) mass is 295 g/mol. The number of aromatic nitrogens is 3. The number of nitrogens with zero attached hydrogens (tertiary/aromatic N) is 4. The van der Waals surface area contributed by atoms with Crippen molar-refractivity contribution in [2.75, 3.05) is 32.8 Å². The second-order valence-electron chi connectivity index (χ2n) is 5.43. The topological polar surface area (TPSA) is 83.3 Å². The maximum Gasteiger partial charge on any atom is 0.276 e. The fourth-order valence-electron chi connectivity index (χ4n) is 2.57. The van der Waals surface area contributed by atoms with E-state index in [0.29, 0.717) is 24.8 Å². The Labute approximate surface area is 125 Å². The summed E-state index contributed by atoms with van der Waals surface area (Å²) in [6.07, 6.45) is 5.69. The van der Waals surface area contributed by atoms with E-state index in [4.69, 9.17) is 5.11 Å². The van der Waals surface area contributed by atoms with Crippen LogP contribution in [0.4, 0.5) is 0 Å². The number of carbonyl (C=O) groups is 1. The highest BCUT2D eigenvalue weighted by molar-refractivity contribution is 5.91. The van der Waals surface area contributed by atoms with Crippen molar-refractivity contribution in [1.29, 1.82) is 0 Å². The lowest BCUT2D eigenvalue weighted by atomic mass is 10.1. The number of hydrogen-bond donors (Lipinski definition) is 2. The fraction of sp³-hybridized carbons (Fsp3) is 0.786. The molecule has 1 aliphatic rings. The molecule has 0 bridgehead atoms. The van der Waals surface area contributed by atoms with Gasteiger partial charge in [0.25, 0.3) is 5.91 Å². The Hall–Kier alpha value is -1.47. The van der Waals surface area contributed by atoms with E-state index in [1.54, 1.807) is 11.1 Å². The third-order valence-electron chi connectivity index (χ3n) is 3.85. The largest absolute Gasteiger partial charge is 0.395 e. The lowest BCUT2D eigenvalue weighted by molar-refractivity contribution is 0.0713. The molecular weight excluding hydrogens is 270 g/mol. The number of nitrogens with one attached hydrogen (secondary N) is 1. The molecule has 1 amide bonds. The molecule has 1 aromatic rings. The minimum atomic E-state index is -0.141. The van der Waals surface area contributed by atoms with Crippen LogP contribution < -0.4 is 5.32 Å². The summed E-state index contributed by atoms with van der Waals surface area (Å²) in [4.78, 5) is 14.1. The second-order valence-corrected chi connectivity index (χ2v) is 5.43. The summed E-state index contributed by atoms with van der Waals surface area (Å²) in [5.41, 5.74) is 0.373. The minimum Gasteiger partial charge on any atom is -0.395 e. The van der Waals surface area contributed by atoms with Gasteiger partial charge in [0.2, 0.25) is 0 Å². The molecule has 1 fully saturated rings.